The number of rotatable bonds is 5. The van der Waals surface area contributed by atoms with Crippen molar-refractivity contribution in [1.29, 1.82) is 0 Å². The van der Waals surface area contributed by atoms with E-state index in [2.05, 4.69) is 5.10 Å². The van der Waals surface area contributed by atoms with E-state index in [-0.39, 0.29) is 16.7 Å². The van der Waals surface area contributed by atoms with Crippen molar-refractivity contribution in [2.75, 3.05) is 0 Å². The van der Waals surface area contributed by atoms with E-state index in [1.165, 1.54) is 0 Å². The molecule has 106 valence electrons. The summed E-state index contributed by atoms with van der Waals surface area (Å²) in [6.45, 7) is 1.86. The first-order valence-electron chi connectivity index (χ1n) is 6.54. The highest BCUT2D eigenvalue weighted by molar-refractivity contribution is 5.42. The van der Waals surface area contributed by atoms with Gasteiger partial charge in [0.25, 0.3) is 0 Å². The Morgan fingerprint density at radius 1 is 1.40 bits per heavy atom. The lowest BCUT2D eigenvalue weighted by Gasteiger charge is -2.11. The number of nitrogens with two attached hydrogens (primary N) is 1. The van der Waals surface area contributed by atoms with E-state index < -0.39 is 0 Å². The van der Waals surface area contributed by atoms with Gasteiger partial charge >= 0.3 is 5.69 Å². The number of benzene rings is 1. The van der Waals surface area contributed by atoms with Crippen molar-refractivity contribution >= 4 is 5.69 Å². The lowest BCUT2D eigenvalue weighted by atomic mass is 10.0. The Bertz CT molecular complexity index is 607. The van der Waals surface area contributed by atoms with Crippen LogP contribution in [-0.4, -0.2) is 14.7 Å². The molecule has 1 aromatic heterocycles. The average Bonchev–Trinajstić information content (AvgIpc) is 2.76. The predicted molar refractivity (Wildman–Crippen MR) is 76.3 cm³/mol. The smallest absolute Gasteiger partial charge is 0.313 e. The Hall–Kier alpha value is -2.21. The molecule has 0 bridgehead atoms. The van der Waals surface area contributed by atoms with E-state index in [1.807, 2.05) is 37.3 Å². The van der Waals surface area contributed by atoms with E-state index in [1.54, 1.807) is 11.7 Å². The summed E-state index contributed by atoms with van der Waals surface area (Å²) >= 11 is 0. The van der Waals surface area contributed by atoms with Crippen molar-refractivity contribution in [3.8, 4) is 0 Å². The summed E-state index contributed by atoms with van der Waals surface area (Å²) in [6, 6.07) is 9.29. The second-order valence-corrected chi connectivity index (χ2v) is 4.70. The van der Waals surface area contributed by atoms with Crippen molar-refractivity contribution < 1.29 is 4.92 Å². The Morgan fingerprint density at radius 2 is 2.05 bits per heavy atom. The zero-order chi connectivity index (χ0) is 14.7. The highest BCUT2D eigenvalue weighted by Gasteiger charge is 2.26. The van der Waals surface area contributed by atoms with Crippen molar-refractivity contribution in [2.45, 2.75) is 25.8 Å². The predicted octanol–water partition coefficient (Wildman–Crippen LogP) is 2.13. The summed E-state index contributed by atoms with van der Waals surface area (Å²) in [5.74, 6) is 0. The number of hydrogen-bond acceptors (Lipinski definition) is 4. The Balaban J connectivity index is 2.34. The lowest BCUT2D eigenvalue weighted by Crippen LogP contribution is -2.16. The van der Waals surface area contributed by atoms with E-state index in [0.29, 0.717) is 24.2 Å². The molecule has 0 aliphatic rings. The number of aryl methyl sites for hydroxylation is 2. The Labute approximate surface area is 117 Å². The molecule has 2 N–H and O–H groups in total. The zero-order valence-corrected chi connectivity index (χ0v) is 11.6. The van der Waals surface area contributed by atoms with Crippen LogP contribution in [0.5, 0.6) is 0 Å². The summed E-state index contributed by atoms with van der Waals surface area (Å²) in [6.07, 6.45) is 0.925. The molecule has 0 saturated heterocycles. The summed E-state index contributed by atoms with van der Waals surface area (Å²) < 4.78 is 1.57. The minimum Gasteiger partial charge on any atom is -0.324 e. The maximum atomic E-state index is 11.2. The van der Waals surface area contributed by atoms with Crippen LogP contribution in [-0.2, 0) is 19.9 Å². The van der Waals surface area contributed by atoms with Crippen LogP contribution >= 0.6 is 0 Å². The summed E-state index contributed by atoms with van der Waals surface area (Å²) in [7, 11) is 1.72. The molecule has 0 fully saturated rings. The molecule has 1 heterocycles. The van der Waals surface area contributed by atoms with Crippen molar-refractivity contribution in [1.82, 2.24) is 9.78 Å². The molecule has 6 heteroatoms. The molecule has 0 spiro atoms. The van der Waals surface area contributed by atoms with Gasteiger partial charge in [0.05, 0.1) is 4.92 Å². The van der Waals surface area contributed by atoms with E-state index in [9.17, 15) is 10.1 Å². The van der Waals surface area contributed by atoms with Gasteiger partial charge in [-0.2, -0.15) is 5.10 Å². The summed E-state index contributed by atoms with van der Waals surface area (Å²) in [5.41, 5.74) is 8.29. The zero-order valence-electron chi connectivity index (χ0n) is 11.6. The largest absolute Gasteiger partial charge is 0.324 e. The molecular weight excluding hydrogens is 256 g/mol. The Kier molecular flexibility index (Phi) is 4.14. The van der Waals surface area contributed by atoms with E-state index >= 15 is 0 Å². The van der Waals surface area contributed by atoms with Gasteiger partial charge in [0.1, 0.15) is 11.4 Å². The molecule has 1 aromatic carbocycles. The summed E-state index contributed by atoms with van der Waals surface area (Å²) in [5, 5.41) is 15.5. The van der Waals surface area contributed by atoms with Crippen LogP contribution in [0.4, 0.5) is 5.69 Å². The molecule has 1 atom stereocenters. The fourth-order valence-electron chi connectivity index (χ4n) is 2.31. The quantitative estimate of drug-likeness (QED) is 0.668. The van der Waals surface area contributed by atoms with Crippen LogP contribution < -0.4 is 5.73 Å². The van der Waals surface area contributed by atoms with Gasteiger partial charge in [-0.1, -0.05) is 37.3 Å². The molecule has 0 aliphatic heterocycles. The molecule has 20 heavy (non-hydrogen) atoms. The molecule has 2 rings (SSSR count). The number of nitrogens with zero attached hydrogens (tertiary/aromatic N) is 3. The first kappa shape index (κ1) is 14.2. The van der Waals surface area contributed by atoms with Crippen LogP contribution in [0.3, 0.4) is 0 Å². The molecule has 2 aromatic rings. The third-order valence-electron chi connectivity index (χ3n) is 3.37. The second kappa shape index (κ2) is 5.83. The van der Waals surface area contributed by atoms with Gasteiger partial charge in [-0.15, -0.1) is 0 Å². The third-order valence-corrected chi connectivity index (χ3v) is 3.37. The average molecular weight is 274 g/mol. The molecule has 0 radical (unpaired) electrons. The van der Waals surface area contributed by atoms with Crippen LogP contribution in [0.25, 0.3) is 0 Å². The van der Waals surface area contributed by atoms with Gasteiger partial charge in [-0.25, -0.2) is 0 Å². The topological polar surface area (TPSA) is 87.0 Å². The van der Waals surface area contributed by atoms with Gasteiger partial charge in [0, 0.05) is 19.5 Å². The van der Waals surface area contributed by atoms with Gasteiger partial charge in [-0.05, 0) is 12.0 Å². The number of hydrogen-bond donors (Lipinski definition) is 1. The fourth-order valence-corrected chi connectivity index (χ4v) is 2.31. The molecule has 1 unspecified atom stereocenters. The number of aromatic nitrogens is 2. The minimum atomic E-state index is -0.362. The van der Waals surface area contributed by atoms with Gasteiger partial charge in [-0.3, -0.25) is 14.8 Å². The van der Waals surface area contributed by atoms with Crippen molar-refractivity contribution in [3.05, 3.63) is 57.4 Å². The molecular formula is C14H18N4O2. The standard InChI is InChI=1S/C14H18N4O2/c1-3-12-14(18(19)20)13(17(2)16-12)9-11(15)10-7-5-4-6-8-10/h4-8,11H,3,9,15H2,1-2H3. The monoisotopic (exact) mass is 274 g/mol. The molecule has 0 amide bonds. The third kappa shape index (κ3) is 2.70. The number of nitro groups is 1. The van der Waals surface area contributed by atoms with Gasteiger partial charge < -0.3 is 5.73 Å². The van der Waals surface area contributed by atoms with Gasteiger partial charge in [0.2, 0.25) is 0 Å². The maximum absolute atomic E-state index is 11.2. The van der Waals surface area contributed by atoms with Gasteiger partial charge in [0.15, 0.2) is 0 Å². The normalized spacial score (nSPS) is 12.3. The SMILES string of the molecule is CCc1nn(C)c(CC(N)c2ccccc2)c1[N+](=O)[O-]. The molecule has 6 nitrogen and oxygen atoms in total. The first-order valence-corrected chi connectivity index (χ1v) is 6.54. The van der Waals surface area contributed by atoms with Crippen molar-refractivity contribution in [3.63, 3.8) is 0 Å². The lowest BCUT2D eigenvalue weighted by molar-refractivity contribution is -0.386. The van der Waals surface area contributed by atoms with E-state index in [0.717, 1.165) is 5.56 Å². The first-order chi connectivity index (χ1) is 9.54. The van der Waals surface area contributed by atoms with Crippen LogP contribution in [0.2, 0.25) is 0 Å². The highest BCUT2D eigenvalue weighted by atomic mass is 16.6. The maximum Gasteiger partial charge on any atom is 0.313 e. The van der Waals surface area contributed by atoms with Crippen LogP contribution in [0.15, 0.2) is 30.3 Å². The van der Waals surface area contributed by atoms with Crippen molar-refractivity contribution in [2.24, 2.45) is 12.8 Å². The molecule has 0 aliphatic carbocycles. The Morgan fingerprint density at radius 3 is 2.60 bits per heavy atom. The van der Waals surface area contributed by atoms with Crippen LogP contribution in [0, 0.1) is 10.1 Å². The molecule has 0 saturated carbocycles. The fraction of sp³-hybridized carbons (Fsp3) is 0.357. The minimum absolute atomic E-state index is 0.0985. The highest BCUT2D eigenvalue weighted by Crippen LogP contribution is 2.27. The second-order valence-electron chi connectivity index (χ2n) is 4.70. The van der Waals surface area contributed by atoms with E-state index in [4.69, 9.17) is 5.73 Å². The summed E-state index contributed by atoms with van der Waals surface area (Å²) in [4.78, 5) is 10.9. The van der Waals surface area contributed by atoms with Crippen LogP contribution in [0.1, 0.15) is 29.9 Å².